The highest BCUT2D eigenvalue weighted by molar-refractivity contribution is 9.09. The number of rotatable bonds is 6. The predicted molar refractivity (Wildman–Crippen MR) is 150 cm³/mol. The van der Waals surface area contributed by atoms with Crippen LogP contribution in [0.5, 0.6) is 0 Å². The molecule has 2 aliphatic rings. The van der Waals surface area contributed by atoms with Crippen molar-refractivity contribution in [1.29, 1.82) is 0 Å². The van der Waals surface area contributed by atoms with Crippen molar-refractivity contribution in [3.8, 4) is 11.3 Å². The van der Waals surface area contributed by atoms with Gasteiger partial charge < -0.3 is 16.4 Å². The number of pyridine rings is 1. The average Bonchev–Trinajstić information content (AvgIpc) is 3.35. The zero-order valence-electron chi connectivity index (χ0n) is 20.6. The Bertz CT molecular complexity index is 1390. The second-order valence-electron chi connectivity index (χ2n) is 9.00. The second kappa shape index (κ2) is 11.2. The number of benzene rings is 2. The number of aliphatic imine (C=N–C) groups is 1. The number of amides is 1. The Morgan fingerprint density at radius 3 is 2.63 bits per heavy atom. The SMILES string of the molecule is CN1N[C@@H]2CC=C[C@@H]2N=C(N)/C(=C(/Nc2ccccc2)NC(Br)c2ccc(-c3ccc(F)cn3)cc2)C1=O. The van der Waals surface area contributed by atoms with Crippen molar-refractivity contribution in [2.75, 3.05) is 12.4 Å². The molecule has 0 saturated heterocycles. The van der Waals surface area contributed by atoms with Crippen LogP contribution in [0.1, 0.15) is 16.9 Å². The highest BCUT2D eigenvalue weighted by atomic mass is 79.9. The maximum Gasteiger partial charge on any atom is 0.275 e. The van der Waals surface area contributed by atoms with Crippen LogP contribution in [0.15, 0.2) is 101 Å². The first-order chi connectivity index (χ1) is 18.4. The van der Waals surface area contributed by atoms with Crippen molar-refractivity contribution in [1.82, 2.24) is 20.7 Å². The molecule has 1 aliphatic heterocycles. The Morgan fingerprint density at radius 1 is 1.16 bits per heavy atom. The highest BCUT2D eigenvalue weighted by Gasteiger charge is 2.32. The number of nitrogens with two attached hydrogens (primary N) is 1. The molecule has 10 heteroatoms. The van der Waals surface area contributed by atoms with E-state index in [1.807, 2.05) is 66.7 Å². The minimum absolute atomic E-state index is 0.0272. The van der Waals surface area contributed by atoms with E-state index in [9.17, 15) is 9.18 Å². The minimum atomic E-state index is -0.389. The molecule has 38 heavy (non-hydrogen) atoms. The van der Waals surface area contributed by atoms with Gasteiger partial charge in [0.2, 0.25) is 0 Å². The quantitative estimate of drug-likeness (QED) is 0.152. The first kappa shape index (κ1) is 25.6. The third-order valence-corrected chi connectivity index (χ3v) is 7.11. The first-order valence-corrected chi connectivity index (χ1v) is 13.0. The van der Waals surface area contributed by atoms with E-state index < -0.39 is 0 Å². The number of nitrogens with one attached hydrogen (secondary N) is 3. The first-order valence-electron chi connectivity index (χ1n) is 12.1. The molecule has 0 fully saturated rings. The summed E-state index contributed by atoms with van der Waals surface area (Å²) in [5.74, 6) is -0.149. The molecule has 194 valence electrons. The molecule has 1 aromatic heterocycles. The standard InChI is InChI=1S/C28H27BrFN7O/c1-37-28(38)24(26(31)34-22-8-5-9-23(22)36-37)27(33-20-6-3-2-4-7-20)35-25(29)18-12-10-17(11-13-18)21-15-14-19(30)16-32-21/h2-8,10-16,22-23,25,33,35-36H,9H2,1H3,(H2,31,34)/b27-24+/t22-,23+,25?/m0/s1. The van der Waals surface area contributed by atoms with Gasteiger partial charge in [-0.15, -0.1) is 0 Å². The van der Waals surface area contributed by atoms with Crippen molar-refractivity contribution in [3.05, 3.63) is 108 Å². The Labute approximate surface area is 228 Å². The molecule has 5 N–H and O–H groups in total. The Morgan fingerprint density at radius 2 is 1.92 bits per heavy atom. The Balaban J connectivity index is 1.49. The van der Waals surface area contributed by atoms with Crippen LogP contribution in [0.4, 0.5) is 10.1 Å². The topological polar surface area (TPSA) is 108 Å². The maximum atomic E-state index is 13.6. The molecule has 3 atom stereocenters. The van der Waals surface area contributed by atoms with Gasteiger partial charge in [-0.25, -0.2) is 9.82 Å². The fourth-order valence-corrected chi connectivity index (χ4v) is 4.90. The lowest BCUT2D eigenvalue weighted by Crippen LogP contribution is -2.53. The van der Waals surface area contributed by atoms with Crippen LogP contribution < -0.4 is 21.8 Å². The summed E-state index contributed by atoms with van der Waals surface area (Å²) in [6.45, 7) is 0. The maximum absolute atomic E-state index is 13.6. The molecule has 5 rings (SSSR count). The largest absolute Gasteiger partial charge is 0.383 e. The van der Waals surface area contributed by atoms with Crippen molar-refractivity contribution in [3.63, 3.8) is 0 Å². The monoisotopic (exact) mass is 575 g/mol. The van der Waals surface area contributed by atoms with Gasteiger partial charge in [0, 0.05) is 18.3 Å². The summed E-state index contributed by atoms with van der Waals surface area (Å²) in [7, 11) is 1.68. The summed E-state index contributed by atoms with van der Waals surface area (Å²) >= 11 is 3.71. The summed E-state index contributed by atoms with van der Waals surface area (Å²) in [6.07, 6.45) is 5.99. The number of likely N-dealkylation sites (N-methyl/N-ethyl adjacent to an activating group) is 1. The van der Waals surface area contributed by atoms with Crippen LogP contribution in [-0.2, 0) is 4.79 Å². The summed E-state index contributed by atoms with van der Waals surface area (Å²) in [5.41, 5.74) is 13.1. The fraction of sp³-hybridized carbons (Fsp3) is 0.179. The number of amidine groups is 1. The number of hydrogen-bond donors (Lipinski definition) is 4. The number of nitrogens with zero attached hydrogens (tertiary/aromatic N) is 3. The molecule has 0 radical (unpaired) electrons. The Kier molecular flexibility index (Phi) is 7.52. The third kappa shape index (κ3) is 5.61. The number of anilines is 1. The van der Waals surface area contributed by atoms with E-state index in [2.05, 4.69) is 42.0 Å². The lowest BCUT2D eigenvalue weighted by Gasteiger charge is -2.31. The second-order valence-corrected chi connectivity index (χ2v) is 9.92. The average molecular weight is 576 g/mol. The smallest absolute Gasteiger partial charge is 0.275 e. The summed E-state index contributed by atoms with van der Waals surface area (Å²) in [5, 5.41) is 8.16. The summed E-state index contributed by atoms with van der Waals surface area (Å²) in [6, 6.07) is 20.0. The van der Waals surface area contributed by atoms with E-state index >= 15 is 0 Å². The van der Waals surface area contributed by atoms with Crippen molar-refractivity contribution in [2.24, 2.45) is 10.7 Å². The van der Waals surface area contributed by atoms with Gasteiger partial charge in [-0.3, -0.25) is 19.8 Å². The summed E-state index contributed by atoms with van der Waals surface area (Å²) in [4.78, 5) is 22.0. The van der Waals surface area contributed by atoms with Crippen molar-refractivity contribution < 1.29 is 9.18 Å². The van der Waals surface area contributed by atoms with Crippen LogP contribution >= 0.6 is 15.9 Å². The molecule has 1 aliphatic carbocycles. The number of aromatic nitrogens is 1. The van der Waals surface area contributed by atoms with E-state index in [-0.39, 0.29) is 40.2 Å². The van der Waals surface area contributed by atoms with E-state index in [4.69, 9.17) is 5.73 Å². The minimum Gasteiger partial charge on any atom is -0.383 e. The van der Waals surface area contributed by atoms with Crippen LogP contribution in [-0.4, -0.2) is 40.9 Å². The molecule has 0 bridgehead atoms. The fourth-order valence-electron chi connectivity index (χ4n) is 4.36. The van der Waals surface area contributed by atoms with Gasteiger partial charge in [0.15, 0.2) is 0 Å². The highest BCUT2D eigenvalue weighted by Crippen LogP contribution is 2.27. The van der Waals surface area contributed by atoms with Crippen LogP contribution in [0.25, 0.3) is 11.3 Å². The van der Waals surface area contributed by atoms with E-state index in [0.29, 0.717) is 11.5 Å². The van der Waals surface area contributed by atoms with E-state index in [1.54, 1.807) is 13.1 Å². The van der Waals surface area contributed by atoms with E-state index in [1.165, 1.54) is 17.3 Å². The number of para-hydroxylation sites is 1. The molecule has 3 aromatic rings. The normalized spacial score (nSPS) is 21.2. The molecule has 1 amide bonds. The number of hydrazine groups is 1. The number of fused-ring (bicyclic) bond motifs is 1. The van der Waals surface area contributed by atoms with Gasteiger partial charge in [0.25, 0.3) is 5.91 Å². The van der Waals surface area contributed by atoms with Gasteiger partial charge in [-0.2, -0.15) is 0 Å². The molecule has 0 spiro atoms. The molecular formula is C28H27BrFN7O. The van der Waals surface area contributed by atoms with Crippen molar-refractivity contribution in [2.45, 2.75) is 23.5 Å². The molecule has 2 heterocycles. The van der Waals surface area contributed by atoms with Gasteiger partial charge >= 0.3 is 0 Å². The lowest BCUT2D eigenvalue weighted by atomic mass is 10.1. The molecule has 2 aromatic carbocycles. The van der Waals surface area contributed by atoms with Gasteiger partial charge in [-0.05, 0) is 36.2 Å². The van der Waals surface area contributed by atoms with Gasteiger partial charge in [0.1, 0.15) is 28.0 Å². The molecule has 1 unspecified atom stereocenters. The van der Waals surface area contributed by atoms with Crippen LogP contribution in [0.2, 0.25) is 0 Å². The number of carbonyl (C=O) groups excluding carboxylic acids is 1. The van der Waals surface area contributed by atoms with E-state index in [0.717, 1.165) is 23.2 Å². The number of carbonyl (C=O) groups is 1. The predicted octanol–water partition coefficient (Wildman–Crippen LogP) is 4.23. The number of halogens is 2. The molecule has 0 saturated carbocycles. The molecule has 8 nitrogen and oxygen atoms in total. The zero-order chi connectivity index (χ0) is 26.6. The third-order valence-electron chi connectivity index (χ3n) is 6.35. The van der Waals surface area contributed by atoms with Gasteiger partial charge in [0.05, 0.1) is 24.0 Å². The van der Waals surface area contributed by atoms with Crippen molar-refractivity contribution >= 4 is 33.4 Å². The van der Waals surface area contributed by atoms with Crippen LogP contribution in [0.3, 0.4) is 0 Å². The van der Waals surface area contributed by atoms with Crippen LogP contribution in [0, 0.1) is 5.82 Å². The number of hydrogen-bond acceptors (Lipinski definition) is 7. The Hall–Kier alpha value is -4.02. The molecular weight excluding hydrogens is 549 g/mol. The zero-order valence-corrected chi connectivity index (χ0v) is 22.2. The van der Waals surface area contributed by atoms with Gasteiger partial charge in [-0.1, -0.05) is 70.5 Å². The lowest BCUT2D eigenvalue weighted by molar-refractivity contribution is -0.129. The summed E-state index contributed by atoms with van der Waals surface area (Å²) < 4.78 is 13.3. The number of alkyl halides is 1.